The number of rotatable bonds is 4. The van der Waals surface area contributed by atoms with E-state index in [9.17, 15) is 0 Å². The average molecular weight is 780 g/mol. The van der Waals surface area contributed by atoms with E-state index in [1.54, 1.807) is 0 Å². The van der Waals surface area contributed by atoms with Crippen LogP contribution in [0.2, 0.25) is 0 Å². The summed E-state index contributed by atoms with van der Waals surface area (Å²) in [4.78, 5) is 0. The van der Waals surface area contributed by atoms with Gasteiger partial charge in [-0.1, -0.05) is 131 Å². The molecule has 0 unspecified atom stereocenters. The zero-order valence-electron chi connectivity index (χ0n) is 33.3. The molecule has 6 aromatic rings. The van der Waals surface area contributed by atoms with Gasteiger partial charge in [0, 0.05) is 0 Å². The molecule has 0 N–H and O–H groups in total. The molecular formula is C53H52Zr. The van der Waals surface area contributed by atoms with E-state index in [1.807, 2.05) is 12.2 Å². The molecule has 0 spiro atoms. The molecule has 0 bridgehead atoms. The quantitative estimate of drug-likeness (QED) is 0.156. The van der Waals surface area contributed by atoms with Crippen LogP contribution in [0.5, 0.6) is 0 Å². The Balaban J connectivity index is 0.000000195. The van der Waals surface area contributed by atoms with Crippen molar-refractivity contribution in [2.75, 3.05) is 0 Å². The molecular weight excluding hydrogens is 728 g/mol. The smallest absolute Gasteiger partial charge is 0.109 e. The fraction of sp³-hybridized carbons (Fsp3) is 0.226. The summed E-state index contributed by atoms with van der Waals surface area (Å²) < 4.78 is 1.42. The predicted molar refractivity (Wildman–Crippen MR) is 229 cm³/mol. The minimum Gasteiger partial charge on any atom is -0.273 e. The van der Waals surface area contributed by atoms with Gasteiger partial charge in [0.15, 0.2) is 0 Å². The van der Waals surface area contributed by atoms with Gasteiger partial charge in [-0.3, -0.25) is 6.08 Å². The van der Waals surface area contributed by atoms with E-state index in [0.717, 1.165) is 12.8 Å². The molecule has 0 fully saturated rings. The van der Waals surface area contributed by atoms with Crippen LogP contribution < -0.4 is 0 Å². The summed E-state index contributed by atoms with van der Waals surface area (Å²) in [5.41, 5.74) is 18.8. The summed E-state index contributed by atoms with van der Waals surface area (Å²) in [6.07, 6.45) is 10.9. The van der Waals surface area contributed by atoms with Crippen LogP contribution in [0, 0.1) is 26.0 Å². The molecule has 2 aliphatic rings. The molecule has 0 saturated heterocycles. The van der Waals surface area contributed by atoms with E-state index in [4.69, 9.17) is 0 Å². The van der Waals surface area contributed by atoms with E-state index in [1.165, 1.54) is 105 Å². The Labute approximate surface area is 340 Å². The van der Waals surface area contributed by atoms with E-state index < -0.39 is 0 Å². The Morgan fingerprint density at radius 1 is 0.574 bits per heavy atom. The van der Waals surface area contributed by atoms with Gasteiger partial charge in [0.2, 0.25) is 0 Å². The van der Waals surface area contributed by atoms with Gasteiger partial charge in [-0.2, -0.15) is 6.08 Å². The molecule has 8 rings (SSSR count). The Kier molecular flexibility index (Phi) is 12.3. The van der Waals surface area contributed by atoms with Gasteiger partial charge < -0.3 is 0 Å². The number of allylic oxidation sites excluding steroid dienone is 4. The van der Waals surface area contributed by atoms with Crippen LogP contribution in [-0.2, 0) is 41.5 Å². The summed E-state index contributed by atoms with van der Waals surface area (Å²) in [5.74, 6) is 0. The molecule has 0 heterocycles. The zero-order chi connectivity index (χ0) is 38.5. The maximum Gasteiger partial charge on any atom is -0.109 e. The third-order valence-electron chi connectivity index (χ3n) is 10.1. The Bertz CT molecular complexity index is 2110. The van der Waals surface area contributed by atoms with Gasteiger partial charge in [0.1, 0.15) is 0 Å². The normalized spacial score (nSPS) is 12.6. The molecule has 2 aliphatic carbocycles. The first-order chi connectivity index (χ1) is 25.8. The molecule has 268 valence electrons. The first kappa shape index (κ1) is 39.3. The Morgan fingerprint density at radius 2 is 1.09 bits per heavy atom. The van der Waals surface area contributed by atoms with Crippen molar-refractivity contribution in [1.29, 1.82) is 0 Å². The zero-order valence-corrected chi connectivity index (χ0v) is 35.7. The van der Waals surface area contributed by atoms with Crippen molar-refractivity contribution in [2.24, 2.45) is 0 Å². The molecule has 54 heavy (non-hydrogen) atoms. The van der Waals surface area contributed by atoms with Gasteiger partial charge in [-0.15, -0.1) is 35.2 Å². The number of aryl methyl sites for hydroxylation is 2. The number of benzene rings is 6. The second kappa shape index (κ2) is 16.9. The molecule has 1 heteroatoms. The van der Waals surface area contributed by atoms with Crippen LogP contribution in [0.1, 0.15) is 92.5 Å². The van der Waals surface area contributed by atoms with Gasteiger partial charge in [0.05, 0.1) is 0 Å². The second-order valence-corrected chi connectivity index (χ2v) is 17.8. The van der Waals surface area contributed by atoms with Crippen molar-refractivity contribution >= 4 is 3.21 Å². The van der Waals surface area contributed by atoms with Crippen molar-refractivity contribution in [1.82, 2.24) is 0 Å². The maximum atomic E-state index is 3.88. The second-order valence-electron chi connectivity index (χ2n) is 16.5. The molecule has 6 aromatic carbocycles. The van der Waals surface area contributed by atoms with E-state index in [-0.39, 0.29) is 10.8 Å². The van der Waals surface area contributed by atoms with Crippen molar-refractivity contribution in [3.05, 3.63) is 202 Å². The molecule has 0 nitrogen and oxygen atoms in total. The minimum atomic E-state index is 0.0380. The van der Waals surface area contributed by atoms with Crippen LogP contribution in [-0.4, -0.2) is 3.21 Å². The summed E-state index contributed by atoms with van der Waals surface area (Å²) in [6.45, 7) is 18.1. The maximum absolute atomic E-state index is 3.88. The number of fused-ring (bicyclic) bond motifs is 3. The Morgan fingerprint density at radius 3 is 1.56 bits per heavy atom. The third kappa shape index (κ3) is 9.43. The number of hydrogen-bond donors (Lipinski definition) is 0. The standard InChI is InChI=1S/C33H33.C15H14.C5H5.Zr/c1-32(2,3)30-20-26-24(18-28(30)22-13-9-7-10-14-22)17-25-19-29(23-15-11-8-12-16-23)31(21-27(25)26)33(4,5)6;1-12-3-7-14(8-4-12)11-15-9-5-13(2)6-10-15;1-2-4-5-3-1;/h7-16,18,20-21H,17H2,1-6H3;3-10H,1-2H3;1-3H,4H2;/q-1;;-1;+2. The van der Waals surface area contributed by atoms with Gasteiger partial charge in [-0.05, 0) is 39.5 Å². The van der Waals surface area contributed by atoms with Gasteiger partial charge in [-0.25, -0.2) is 12.2 Å². The van der Waals surface area contributed by atoms with Crippen LogP contribution in [0.15, 0.2) is 146 Å². The number of hydrogen-bond acceptors (Lipinski definition) is 0. The third-order valence-corrected chi connectivity index (χ3v) is 11.5. The SMILES string of the molecule is CC(C)(C)c1cc2c([c-]c1-c1ccccc1)Cc1cc(-c3ccccc3)c(C(C)(C)C)cc1-2.Cc1ccc([C](=[Zr+2])c2ccc(C)cc2)cc1.[C-]1=CC=CC1. The summed E-state index contributed by atoms with van der Waals surface area (Å²) in [7, 11) is 0. The Hall–Kier alpha value is -4.45. The van der Waals surface area contributed by atoms with Crippen molar-refractivity contribution in [3.63, 3.8) is 0 Å². The molecule has 0 radical (unpaired) electrons. The van der Waals surface area contributed by atoms with Crippen LogP contribution >= 0.6 is 0 Å². The van der Waals surface area contributed by atoms with Gasteiger partial charge in [0.25, 0.3) is 0 Å². The van der Waals surface area contributed by atoms with E-state index in [2.05, 4.69) is 201 Å². The fourth-order valence-corrected chi connectivity index (χ4v) is 7.87. The van der Waals surface area contributed by atoms with Crippen molar-refractivity contribution < 1.29 is 24.2 Å². The largest absolute Gasteiger partial charge is 0.273 e. The van der Waals surface area contributed by atoms with Crippen molar-refractivity contribution in [2.45, 2.75) is 79.1 Å². The fourth-order valence-electron chi connectivity index (χ4n) is 7.05. The molecule has 0 aliphatic heterocycles. The molecule has 0 amide bonds. The summed E-state index contributed by atoms with van der Waals surface area (Å²) in [6, 6.07) is 50.4. The summed E-state index contributed by atoms with van der Waals surface area (Å²) >= 11 is 1.46. The predicted octanol–water partition coefficient (Wildman–Crippen LogP) is 13.7. The molecule has 0 saturated carbocycles. The van der Waals surface area contributed by atoms with Crippen molar-refractivity contribution in [3.8, 4) is 33.4 Å². The first-order valence-electron chi connectivity index (χ1n) is 19.1. The molecule has 0 atom stereocenters. The minimum absolute atomic E-state index is 0.0380. The topological polar surface area (TPSA) is 0 Å². The monoisotopic (exact) mass is 778 g/mol. The molecule has 0 aromatic heterocycles. The van der Waals surface area contributed by atoms with Gasteiger partial charge >= 0.3 is 112 Å². The first-order valence-corrected chi connectivity index (χ1v) is 20.3. The summed E-state index contributed by atoms with van der Waals surface area (Å²) in [5, 5.41) is 0. The van der Waals surface area contributed by atoms with Crippen LogP contribution in [0.4, 0.5) is 0 Å². The van der Waals surface area contributed by atoms with Crippen LogP contribution in [0.25, 0.3) is 33.4 Å². The van der Waals surface area contributed by atoms with Crippen LogP contribution in [0.3, 0.4) is 0 Å². The average Bonchev–Trinajstić information content (AvgIpc) is 3.86. The van der Waals surface area contributed by atoms with E-state index in [0.29, 0.717) is 0 Å². The van der Waals surface area contributed by atoms with E-state index >= 15 is 0 Å².